The van der Waals surface area contributed by atoms with E-state index in [1.807, 2.05) is 0 Å². The molecule has 0 aliphatic carbocycles. The van der Waals surface area contributed by atoms with Gasteiger partial charge in [-0.1, -0.05) is 12.1 Å². The van der Waals surface area contributed by atoms with Crippen LogP contribution in [0.2, 0.25) is 0 Å². The van der Waals surface area contributed by atoms with Gasteiger partial charge in [-0.3, -0.25) is 4.79 Å². The van der Waals surface area contributed by atoms with Crippen LogP contribution in [-0.2, 0) is 0 Å². The lowest BCUT2D eigenvalue weighted by atomic mass is 10.1. The number of pyridine rings is 1. The molecule has 6 heteroatoms. The molecular weight excluding hydrogens is 298 g/mol. The summed E-state index contributed by atoms with van der Waals surface area (Å²) in [6, 6.07) is 11.8. The van der Waals surface area contributed by atoms with Gasteiger partial charge in [0.15, 0.2) is 5.43 Å². The fourth-order valence-corrected chi connectivity index (χ4v) is 2.33. The van der Waals surface area contributed by atoms with Gasteiger partial charge in [-0.2, -0.15) is 0 Å². The van der Waals surface area contributed by atoms with Crippen LogP contribution in [-0.4, -0.2) is 27.1 Å². The molecule has 23 heavy (non-hydrogen) atoms. The van der Waals surface area contributed by atoms with Crippen molar-refractivity contribution in [2.24, 2.45) is 0 Å². The Labute approximate surface area is 129 Å². The monoisotopic (exact) mass is 309 g/mol. The SMILES string of the molecule is O=C(O)c1ccc(-c2cc(=O)c3cc(C(=O)O)ccc3[nH]2)cc1. The fourth-order valence-electron chi connectivity index (χ4n) is 2.33. The van der Waals surface area contributed by atoms with Crippen molar-refractivity contribution in [2.45, 2.75) is 0 Å². The number of aromatic amines is 1. The van der Waals surface area contributed by atoms with Crippen molar-refractivity contribution in [3.05, 3.63) is 69.9 Å². The molecule has 0 saturated heterocycles. The minimum Gasteiger partial charge on any atom is -0.478 e. The van der Waals surface area contributed by atoms with Crippen molar-refractivity contribution in [1.82, 2.24) is 4.98 Å². The second-order valence-corrected chi connectivity index (χ2v) is 5.00. The molecule has 0 saturated carbocycles. The summed E-state index contributed by atoms with van der Waals surface area (Å²) in [7, 11) is 0. The molecule has 2 aromatic carbocycles. The van der Waals surface area contributed by atoms with Gasteiger partial charge in [-0.15, -0.1) is 0 Å². The summed E-state index contributed by atoms with van der Waals surface area (Å²) in [5.74, 6) is -2.12. The Morgan fingerprint density at radius 1 is 0.826 bits per heavy atom. The van der Waals surface area contributed by atoms with Crippen LogP contribution < -0.4 is 5.43 Å². The third-order valence-corrected chi connectivity index (χ3v) is 3.52. The molecule has 0 unspecified atom stereocenters. The van der Waals surface area contributed by atoms with Gasteiger partial charge in [0.2, 0.25) is 0 Å². The molecule has 3 N–H and O–H groups in total. The van der Waals surface area contributed by atoms with Crippen molar-refractivity contribution in [2.75, 3.05) is 0 Å². The molecule has 0 radical (unpaired) electrons. The highest BCUT2D eigenvalue weighted by Gasteiger charge is 2.09. The van der Waals surface area contributed by atoms with Crippen LogP contribution in [0.1, 0.15) is 20.7 Å². The highest BCUT2D eigenvalue weighted by Crippen LogP contribution is 2.20. The summed E-state index contributed by atoms with van der Waals surface area (Å²) in [6.07, 6.45) is 0. The number of nitrogens with one attached hydrogen (secondary N) is 1. The normalized spacial score (nSPS) is 10.6. The summed E-state index contributed by atoms with van der Waals surface area (Å²) in [5, 5.41) is 18.2. The predicted molar refractivity (Wildman–Crippen MR) is 83.9 cm³/mol. The van der Waals surface area contributed by atoms with Crippen LogP contribution >= 0.6 is 0 Å². The Balaban J connectivity index is 2.12. The van der Waals surface area contributed by atoms with Gasteiger partial charge in [-0.05, 0) is 35.9 Å². The zero-order valence-electron chi connectivity index (χ0n) is 11.7. The van der Waals surface area contributed by atoms with Gasteiger partial charge in [0.1, 0.15) is 0 Å². The van der Waals surface area contributed by atoms with Gasteiger partial charge in [0.25, 0.3) is 0 Å². The molecule has 6 nitrogen and oxygen atoms in total. The zero-order chi connectivity index (χ0) is 16.6. The minimum atomic E-state index is -1.10. The summed E-state index contributed by atoms with van der Waals surface area (Å²) >= 11 is 0. The lowest BCUT2D eigenvalue weighted by molar-refractivity contribution is 0.0686. The van der Waals surface area contributed by atoms with E-state index in [1.54, 1.807) is 12.1 Å². The number of fused-ring (bicyclic) bond motifs is 1. The number of benzene rings is 2. The molecular formula is C17H11NO5. The molecule has 0 atom stereocenters. The average molecular weight is 309 g/mol. The second-order valence-electron chi connectivity index (χ2n) is 5.00. The molecule has 3 rings (SSSR count). The molecule has 3 aromatic rings. The summed E-state index contributed by atoms with van der Waals surface area (Å²) in [4.78, 5) is 37.1. The van der Waals surface area contributed by atoms with Crippen LogP contribution in [0.15, 0.2) is 53.3 Å². The lowest BCUT2D eigenvalue weighted by Crippen LogP contribution is -2.05. The molecule has 0 fully saturated rings. The number of carboxylic acids is 2. The average Bonchev–Trinajstić information content (AvgIpc) is 2.54. The van der Waals surface area contributed by atoms with E-state index >= 15 is 0 Å². The predicted octanol–water partition coefficient (Wildman–Crippen LogP) is 2.59. The lowest BCUT2D eigenvalue weighted by Gasteiger charge is -2.06. The maximum Gasteiger partial charge on any atom is 0.335 e. The number of carboxylic acid groups (broad SMARTS) is 2. The van der Waals surface area contributed by atoms with E-state index < -0.39 is 11.9 Å². The van der Waals surface area contributed by atoms with Crippen LogP contribution in [0.4, 0.5) is 0 Å². The van der Waals surface area contributed by atoms with E-state index in [-0.39, 0.29) is 21.9 Å². The summed E-state index contributed by atoms with van der Waals surface area (Å²) < 4.78 is 0. The number of aromatic carboxylic acids is 2. The highest BCUT2D eigenvalue weighted by molar-refractivity contribution is 5.94. The number of H-pyrrole nitrogens is 1. The molecule has 114 valence electrons. The van der Waals surface area contributed by atoms with Crippen molar-refractivity contribution < 1.29 is 19.8 Å². The molecule has 0 aliphatic heterocycles. The van der Waals surface area contributed by atoms with Crippen LogP contribution in [0.3, 0.4) is 0 Å². The molecule has 0 amide bonds. The van der Waals surface area contributed by atoms with Gasteiger partial charge in [0.05, 0.1) is 11.1 Å². The maximum atomic E-state index is 12.2. The molecule has 0 spiro atoms. The molecule has 0 bridgehead atoms. The van der Waals surface area contributed by atoms with Crippen LogP contribution in [0.5, 0.6) is 0 Å². The minimum absolute atomic E-state index is 0.0431. The Hall–Kier alpha value is -3.41. The standard InChI is InChI=1S/C17H11NO5/c19-15-8-14(9-1-3-10(4-2-9)16(20)21)18-13-6-5-11(17(22)23)7-12(13)15/h1-8H,(H,18,19)(H,20,21)(H,22,23). The molecule has 0 aliphatic rings. The number of hydrogen-bond donors (Lipinski definition) is 3. The van der Waals surface area contributed by atoms with Gasteiger partial charge < -0.3 is 15.2 Å². The van der Waals surface area contributed by atoms with E-state index in [2.05, 4.69) is 4.98 Å². The second kappa shape index (κ2) is 5.42. The Morgan fingerprint density at radius 3 is 2.04 bits per heavy atom. The van der Waals surface area contributed by atoms with E-state index in [0.717, 1.165) is 0 Å². The number of aromatic nitrogens is 1. The Bertz CT molecular complexity index is 986. The third-order valence-electron chi connectivity index (χ3n) is 3.52. The van der Waals surface area contributed by atoms with Crippen molar-refractivity contribution in [1.29, 1.82) is 0 Å². The van der Waals surface area contributed by atoms with Crippen LogP contribution in [0, 0.1) is 0 Å². The first-order valence-corrected chi connectivity index (χ1v) is 6.70. The largest absolute Gasteiger partial charge is 0.478 e. The maximum absolute atomic E-state index is 12.2. The first-order chi connectivity index (χ1) is 11.0. The first kappa shape index (κ1) is 14.5. The highest BCUT2D eigenvalue weighted by atomic mass is 16.4. The quantitative estimate of drug-likeness (QED) is 0.689. The fraction of sp³-hybridized carbons (Fsp3) is 0. The van der Waals surface area contributed by atoms with E-state index in [9.17, 15) is 14.4 Å². The zero-order valence-corrected chi connectivity index (χ0v) is 11.7. The molecule has 1 heterocycles. The Morgan fingerprint density at radius 2 is 1.43 bits per heavy atom. The summed E-state index contributed by atoms with van der Waals surface area (Å²) in [5.41, 5.74) is 1.60. The topological polar surface area (TPSA) is 107 Å². The van der Waals surface area contributed by atoms with Gasteiger partial charge in [-0.25, -0.2) is 9.59 Å². The summed E-state index contributed by atoms with van der Waals surface area (Å²) in [6.45, 7) is 0. The van der Waals surface area contributed by atoms with E-state index in [4.69, 9.17) is 10.2 Å². The van der Waals surface area contributed by atoms with Crippen molar-refractivity contribution in [3.63, 3.8) is 0 Å². The Kier molecular flexibility index (Phi) is 3.42. The third kappa shape index (κ3) is 2.69. The van der Waals surface area contributed by atoms with Gasteiger partial charge in [0, 0.05) is 22.7 Å². The van der Waals surface area contributed by atoms with Crippen LogP contribution in [0.25, 0.3) is 22.2 Å². The van der Waals surface area contributed by atoms with Crippen molar-refractivity contribution >= 4 is 22.8 Å². The number of rotatable bonds is 3. The molecule has 1 aromatic heterocycles. The first-order valence-electron chi connectivity index (χ1n) is 6.70. The number of carbonyl (C=O) groups is 2. The van der Waals surface area contributed by atoms with E-state index in [1.165, 1.54) is 36.4 Å². The van der Waals surface area contributed by atoms with E-state index in [0.29, 0.717) is 16.8 Å². The number of hydrogen-bond acceptors (Lipinski definition) is 3. The van der Waals surface area contributed by atoms with Gasteiger partial charge >= 0.3 is 11.9 Å². The smallest absolute Gasteiger partial charge is 0.335 e. The van der Waals surface area contributed by atoms with Crippen molar-refractivity contribution in [3.8, 4) is 11.3 Å².